The summed E-state index contributed by atoms with van der Waals surface area (Å²) in [6.45, 7) is 6.97. The normalized spacial score (nSPS) is 10.6. The Labute approximate surface area is 134 Å². The molecule has 0 amide bonds. The lowest BCUT2D eigenvalue weighted by Crippen LogP contribution is -2.14. The summed E-state index contributed by atoms with van der Waals surface area (Å²) in [4.78, 5) is 0. The lowest BCUT2D eigenvalue weighted by molar-refractivity contribution is 0.305. The van der Waals surface area contributed by atoms with Gasteiger partial charge in [0.1, 0.15) is 12.4 Å². The first-order valence-electron chi connectivity index (χ1n) is 8.26. The van der Waals surface area contributed by atoms with Crippen molar-refractivity contribution in [3.05, 3.63) is 65.2 Å². The summed E-state index contributed by atoms with van der Waals surface area (Å²) in [5, 5.41) is 3.49. The van der Waals surface area contributed by atoms with Crippen molar-refractivity contribution >= 4 is 0 Å². The number of hydrogen-bond acceptors (Lipinski definition) is 2. The van der Waals surface area contributed by atoms with Crippen LogP contribution in [0.5, 0.6) is 5.75 Å². The van der Waals surface area contributed by atoms with Crippen LogP contribution in [-0.4, -0.2) is 6.54 Å². The van der Waals surface area contributed by atoms with Gasteiger partial charge in [-0.05, 0) is 48.7 Å². The Hall–Kier alpha value is -1.80. The fourth-order valence-electron chi connectivity index (χ4n) is 2.41. The number of nitrogens with one attached hydrogen (secondary N) is 1. The molecule has 0 heterocycles. The molecule has 0 aliphatic carbocycles. The van der Waals surface area contributed by atoms with Gasteiger partial charge in [0, 0.05) is 6.54 Å². The molecule has 0 atom stereocenters. The Morgan fingerprint density at radius 3 is 2.68 bits per heavy atom. The van der Waals surface area contributed by atoms with Crippen LogP contribution in [0.4, 0.5) is 0 Å². The number of benzene rings is 2. The Morgan fingerprint density at radius 1 is 1.00 bits per heavy atom. The van der Waals surface area contributed by atoms with Crippen LogP contribution in [0.1, 0.15) is 42.9 Å². The second-order valence-corrected chi connectivity index (χ2v) is 5.75. The van der Waals surface area contributed by atoms with Crippen LogP contribution in [0.3, 0.4) is 0 Å². The van der Waals surface area contributed by atoms with Gasteiger partial charge in [0.25, 0.3) is 0 Å². The van der Waals surface area contributed by atoms with E-state index in [1.54, 1.807) is 0 Å². The molecule has 2 aromatic carbocycles. The third kappa shape index (κ3) is 5.53. The summed E-state index contributed by atoms with van der Waals surface area (Å²) in [6.07, 6.45) is 3.82. The summed E-state index contributed by atoms with van der Waals surface area (Å²) in [5.74, 6) is 0.941. The van der Waals surface area contributed by atoms with Crippen molar-refractivity contribution in [2.24, 2.45) is 0 Å². The standard InChI is InChI=1S/C20H27NO/c1-3-4-7-13-21-15-18-10-8-12-20(14-18)22-16-19-11-6-5-9-17(19)2/h5-6,8-12,14,21H,3-4,7,13,15-16H2,1-2H3. The number of hydrogen-bond donors (Lipinski definition) is 1. The Morgan fingerprint density at radius 2 is 1.86 bits per heavy atom. The molecule has 118 valence electrons. The number of rotatable bonds is 9. The quantitative estimate of drug-likeness (QED) is 0.668. The van der Waals surface area contributed by atoms with Crippen molar-refractivity contribution in [2.75, 3.05) is 6.54 Å². The second kappa shape index (κ2) is 9.26. The number of ether oxygens (including phenoxy) is 1. The van der Waals surface area contributed by atoms with E-state index in [-0.39, 0.29) is 0 Å². The van der Waals surface area contributed by atoms with Gasteiger partial charge in [-0.15, -0.1) is 0 Å². The average Bonchev–Trinajstić information content (AvgIpc) is 2.54. The molecule has 0 aliphatic rings. The molecule has 0 radical (unpaired) electrons. The minimum Gasteiger partial charge on any atom is -0.489 e. The number of aryl methyl sites for hydroxylation is 1. The van der Waals surface area contributed by atoms with E-state index in [0.29, 0.717) is 6.61 Å². The molecule has 2 nitrogen and oxygen atoms in total. The molecule has 2 aromatic rings. The summed E-state index contributed by atoms with van der Waals surface area (Å²) in [7, 11) is 0. The Balaban J connectivity index is 1.82. The highest BCUT2D eigenvalue weighted by atomic mass is 16.5. The molecular formula is C20H27NO. The maximum absolute atomic E-state index is 5.93. The second-order valence-electron chi connectivity index (χ2n) is 5.75. The first-order chi connectivity index (χ1) is 10.8. The van der Waals surface area contributed by atoms with E-state index < -0.39 is 0 Å². The third-order valence-corrected chi connectivity index (χ3v) is 3.84. The van der Waals surface area contributed by atoms with Gasteiger partial charge in [-0.3, -0.25) is 0 Å². The predicted molar refractivity (Wildman–Crippen MR) is 93.2 cm³/mol. The van der Waals surface area contributed by atoms with Crippen LogP contribution in [0.15, 0.2) is 48.5 Å². The molecule has 0 spiro atoms. The first kappa shape index (κ1) is 16.6. The van der Waals surface area contributed by atoms with E-state index >= 15 is 0 Å². The molecule has 0 unspecified atom stereocenters. The van der Waals surface area contributed by atoms with E-state index in [4.69, 9.17) is 4.74 Å². The molecule has 0 aliphatic heterocycles. The Kier molecular flexibility index (Phi) is 6.98. The molecular weight excluding hydrogens is 270 g/mol. The highest BCUT2D eigenvalue weighted by Gasteiger charge is 2.00. The largest absolute Gasteiger partial charge is 0.489 e. The maximum Gasteiger partial charge on any atom is 0.120 e. The van der Waals surface area contributed by atoms with Gasteiger partial charge in [0.2, 0.25) is 0 Å². The van der Waals surface area contributed by atoms with Crippen molar-refractivity contribution in [3.63, 3.8) is 0 Å². The molecule has 1 N–H and O–H groups in total. The average molecular weight is 297 g/mol. The predicted octanol–water partition coefficient (Wildman–Crippen LogP) is 4.85. The zero-order valence-electron chi connectivity index (χ0n) is 13.8. The van der Waals surface area contributed by atoms with Crippen LogP contribution >= 0.6 is 0 Å². The summed E-state index contributed by atoms with van der Waals surface area (Å²) in [6, 6.07) is 16.7. The minimum absolute atomic E-state index is 0.625. The Bertz CT molecular complexity index is 565. The summed E-state index contributed by atoms with van der Waals surface area (Å²) in [5.41, 5.74) is 3.79. The molecule has 22 heavy (non-hydrogen) atoms. The van der Waals surface area contributed by atoms with E-state index in [9.17, 15) is 0 Å². The van der Waals surface area contributed by atoms with Gasteiger partial charge in [0.15, 0.2) is 0 Å². The lowest BCUT2D eigenvalue weighted by atomic mass is 10.1. The minimum atomic E-state index is 0.625. The zero-order chi connectivity index (χ0) is 15.6. The van der Waals surface area contributed by atoms with E-state index in [0.717, 1.165) is 18.8 Å². The van der Waals surface area contributed by atoms with Crippen LogP contribution in [0.25, 0.3) is 0 Å². The highest BCUT2D eigenvalue weighted by molar-refractivity contribution is 5.30. The van der Waals surface area contributed by atoms with Gasteiger partial charge in [-0.2, -0.15) is 0 Å². The molecule has 2 rings (SSSR count). The monoisotopic (exact) mass is 297 g/mol. The zero-order valence-corrected chi connectivity index (χ0v) is 13.8. The summed E-state index contributed by atoms with van der Waals surface area (Å²) >= 11 is 0. The van der Waals surface area contributed by atoms with E-state index in [1.807, 2.05) is 6.07 Å². The molecule has 2 heteroatoms. The van der Waals surface area contributed by atoms with E-state index in [2.05, 4.69) is 61.6 Å². The topological polar surface area (TPSA) is 21.3 Å². The first-order valence-corrected chi connectivity index (χ1v) is 8.26. The van der Waals surface area contributed by atoms with E-state index in [1.165, 1.54) is 36.0 Å². The van der Waals surface area contributed by atoms with Crippen molar-refractivity contribution in [2.45, 2.75) is 46.3 Å². The molecule has 0 saturated carbocycles. The van der Waals surface area contributed by atoms with Crippen LogP contribution < -0.4 is 10.1 Å². The smallest absolute Gasteiger partial charge is 0.120 e. The summed E-state index contributed by atoms with van der Waals surface area (Å²) < 4.78 is 5.93. The van der Waals surface area contributed by atoms with Gasteiger partial charge in [0.05, 0.1) is 0 Å². The van der Waals surface area contributed by atoms with Gasteiger partial charge < -0.3 is 10.1 Å². The van der Waals surface area contributed by atoms with Crippen LogP contribution in [-0.2, 0) is 13.2 Å². The lowest BCUT2D eigenvalue weighted by Gasteiger charge is -2.10. The fourth-order valence-corrected chi connectivity index (χ4v) is 2.41. The van der Waals surface area contributed by atoms with Crippen molar-refractivity contribution < 1.29 is 4.74 Å². The third-order valence-electron chi connectivity index (χ3n) is 3.84. The van der Waals surface area contributed by atoms with Crippen molar-refractivity contribution in [1.29, 1.82) is 0 Å². The number of unbranched alkanes of at least 4 members (excludes halogenated alkanes) is 2. The molecule has 0 aromatic heterocycles. The van der Waals surface area contributed by atoms with Crippen LogP contribution in [0.2, 0.25) is 0 Å². The van der Waals surface area contributed by atoms with Gasteiger partial charge in [-0.1, -0.05) is 56.2 Å². The molecule has 0 bridgehead atoms. The molecule has 0 saturated heterocycles. The van der Waals surface area contributed by atoms with Gasteiger partial charge in [-0.25, -0.2) is 0 Å². The SMILES string of the molecule is CCCCCNCc1cccc(OCc2ccccc2C)c1. The van der Waals surface area contributed by atoms with Crippen molar-refractivity contribution in [1.82, 2.24) is 5.32 Å². The maximum atomic E-state index is 5.93. The fraction of sp³-hybridized carbons (Fsp3) is 0.400. The van der Waals surface area contributed by atoms with Crippen LogP contribution in [0, 0.1) is 6.92 Å². The molecule has 0 fully saturated rings. The highest BCUT2D eigenvalue weighted by Crippen LogP contribution is 2.16. The van der Waals surface area contributed by atoms with Gasteiger partial charge >= 0.3 is 0 Å². The van der Waals surface area contributed by atoms with Crippen molar-refractivity contribution in [3.8, 4) is 5.75 Å².